The van der Waals surface area contributed by atoms with Gasteiger partial charge in [0, 0.05) is 24.6 Å². The van der Waals surface area contributed by atoms with Crippen LogP contribution in [0, 0.1) is 0 Å². The third-order valence-corrected chi connectivity index (χ3v) is 1.66. The minimum Gasteiger partial charge on any atom is -0.114 e. The van der Waals surface area contributed by atoms with E-state index in [0.29, 0.717) is 0 Å². The van der Waals surface area contributed by atoms with Gasteiger partial charge in [0.25, 0.3) is 0 Å². The minimum atomic E-state index is 1.22. The Bertz CT molecular complexity index is 287. The van der Waals surface area contributed by atoms with Crippen molar-refractivity contribution in [2.45, 2.75) is 6.92 Å². The molecule has 0 spiro atoms. The van der Waals surface area contributed by atoms with Crippen LogP contribution in [0.1, 0.15) is 12.5 Å². The Kier molecular flexibility index (Phi) is 1.11. The Labute approximate surface area is 60.4 Å². The van der Waals surface area contributed by atoms with E-state index in [4.69, 9.17) is 0 Å². The molecule has 0 unspecified atom stereocenters. The molecule has 1 aromatic carbocycles. The third-order valence-electron chi connectivity index (χ3n) is 1.66. The number of benzene rings is 1. The van der Waals surface area contributed by atoms with Gasteiger partial charge in [0.15, 0.2) is 11.4 Å². The molecule has 1 aliphatic rings. The summed E-state index contributed by atoms with van der Waals surface area (Å²) in [5, 5.41) is 3.26. The van der Waals surface area contributed by atoms with Gasteiger partial charge in [-0.05, 0) is 6.07 Å². The summed E-state index contributed by atoms with van der Waals surface area (Å²) in [4.78, 5) is 0. The molecule has 1 aromatic rings. The van der Waals surface area contributed by atoms with E-state index in [1.807, 2.05) is 6.07 Å². The molecule has 0 atom stereocenters. The lowest BCUT2D eigenvalue weighted by Gasteiger charge is -1.86. The molecule has 0 saturated carbocycles. The molecule has 1 aliphatic heterocycles. The maximum Gasteiger partial charge on any atom is 0.191 e. The van der Waals surface area contributed by atoms with Crippen LogP contribution >= 0.6 is 0 Å². The predicted octanol–water partition coefficient (Wildman–Crippen LogP) is 1.04. The largest absolute Gasteiger partial charge is 0.191 e. The lowest BCUT2D eigenvalue weighted by Crippen LogP contribution is -2.73. The van der Waals surface area contributed by atoms with Crippen molar-refractivity contribution in [2.24, 2.45) is 0 Å². The van der Waals surface area contributed by atoms with Crippen molar-refractivity contribution in [3.05, 3.63) is 35.5 Å². The molecular formula is C9H9N+. The first kappa shape index (κ1) is 5.69. The molecule has 0 aromatic heterocycles. The molecule has 1 heterocycles. The van der Waals surface area contributed by atoms with E-state index in [1.54, 1.807) is 0 Å². The van der Waals surface area contributed by atoms with Crippen LogP contribution in [0.2, 0.25) is 0 Å². The highest BCUT2D eigenvalue weighted by Crippen LogP contribution is 2.16. The summed E-state index contributed by atoms with van der Waals surface area (Å²) < 4.78 is 0. The first-order valence-corrected chi connectivity index (χ1v) is 3.40. The summed E-state index contributed by atoms with van der Waals surface area (Å²) in [6, 6.07) is 8.29. The fourth-order valence-corrected chi connectivity index (χ4v) is 1.22. The van der Waals surface area contributed by atoms with Crippen molar-refractivity contribution in [1.82, 2.24) is 0 Å². The maximum absolute atomic E-state index is 3.26. The summed E-state index contributed by atoms with van der Waals surface area (Å²) in [5.41, 5.74) is 3.74. The monoisotopic (exact) mass is 131 g/mol. The lowest BCUT2D eigenvalue weighted by molar-refractivity contribution is -0.512. The quantitative estimate of drug-likeness (QED) is 0.541. The second-order valence-corrected chi connectivity index (χ2v) is 2.54. The van der Waals surface area contributed by atoms with Crippen molar-refractivity contribution in [3.63, 3.8) is 0 Å². The van der Waals surface area contributed by atoms with Crippen molar-refractivity contribution in [3.8, 4) is 0 Å². The van der Waals surface area contributed by atoms with Gasteiger partial charge in [-0.15, -0.1) is 5.32 Å². The number of nitrogens with one attached hydrogen (secondary N) is 1. The zero-order valence-corrected chi connectivity index (χ0v) is 5.89. The Hall–Kier alpha value is -1.08. The van der Waals surface area contributed by atoms with E-state index in [1.165, 1.54) is 16.9 Å². The van der Waals surface area contributed by atoms with Gasteiger partial charge in [0.2, 0.25) is 0 Å². The molecule has 0 bridgehead atoms. The number of hydrogen-bond donors (Lipinski definition) is 1. The second-order valence-electron chi connectivity index (χ2n) is 2.54. The highest BCUT2D eigenvalue weighted by Gasteiger charge is 2.15. The highest BCUT2D eigenvalue weighted by molar-refractivity contribution is 5.64. The van der Waals surface area contributed by atoms with Crippen molar-refractivity contribution in [1.29, 1.82) is 0 Å². The van der Waals surface area contributed by atoms with Gasteiger partial charge in [-0.1, -0.05) is 12.1 Å². The van der Waals surface area contributed by atoms with E-state index < -0.39 is 0 Å². The molecule has 0 aliphatic carbocycles. The smallest absolute Gasteiger partial charge is 0.114 e. The van der Waals surface area contributed by atoms with Gasteiger partial charge in [-0.25, -0.2) is 0 Å². The average Bonchev–Trinajstić information content (AvgIpc) is 2.27. The molecule has 1 heteroatoms. The molecule has 1 N–H and O–H groups in total. The van der Waals surface area contributed by atoms with Gasteiger partial charge in [-0.2, -0.15) is 0 Å². The molecule has 10 heavy (non-hydrogen) atoms. The SMILES string of the molecule is CC1=Cc2ccccc2[NH+]1. The summed E-state index contributed by atoms with van der Waals surface area (Å²) in [7, 11) is 0. The van der Waals surface area contributed by atoms with E-state index in [0.717, 1.165) is 0 Å². The van der Waals surface area contributed by atoms with Crippen LogP contribution in [-0.4, -0.2) is 0 Å². The van der Waals surface area contributed by atoms with Crippen LogP contribution in [0.25, 0.3) is 6.08 Å². The van der Waals surface area contributed by atoms with Crippen LogP contribution in [0.3, 0.4) is 0 Å². The Morgan fingerprint density at radius 2 is 2.00 bits per heavy atom. The molecule has 49 valence electrons. The Morgan fingerprint density at radius 3 is 2.80 bits per heavy atom. The average molecular weight is 131 g/mol. The molecule has 0 amide bonds. The van der Waals surface area contributed by atoms with Gasteiger partial charge >= 0.3 is 0 Å². The Morgan fingerprint density at radius 1 is 1.20 bits per heavy atom. The Balaban J connectivity index is 2.54. The van der Waals surface area contributed by atoms with Gasteiger partial charge < -0.3 is 0 Å². The topological polar surface area (TPSA) is 15.6 Å². The van der Waals surface area contributed by atoms with Crippen molar-refractivity contribution in [2.75, 3.05) is 0 Å². The standard InChI is InChI=1S/C9H9N/c1-7-6-8-4-2-3-5-9(8)10-7/h2-6,10H,1H3/q+1. The number of allylic oxidation sites excluding steroid dienone is 1. The summed E-state index contributed by atoms with van der Waals surface area (Å²) in [5.74, 6) is 0. The van der Waals surface area contributed by atoms with Crippen LogP contribution < -0.4 is 5.32 Å². The number of hydrogen-bond acceptors (Lipinski definition) is 1. The lowest BCUT2D eigenvalue weighted by atomic mass is 10.2. The fourth-order valence-electron chi connectivity index (χ4n) is 1.22. The molecule has 2 rings (SSSR count). The zero-order valence-electron chi connectivity index (χ0n) is 5.89. The zero-order chi connectivity index (χ0) is 6.97. The first-order chi connectivity index (χ1) is 4.86. The van der Waals surface area contributed by atoms with Crippen LogP contribution in [0.5, 0.6) is 0 Å². The number of rotatable bonds is 0. The minimum absolute atomic E-state index is 1.22. The number of fused-ring (bicyclic) bond motifs is 1. The van der Waals surface area contributed by atoms with Crippen LogP contribution in [-0.2, 0) is 0 Å². The summed E-state index contributed by atoms with van der Waals surface area (Å²) in [6.07, 6.45) is 2.15. The van der Waals surface area contributed by atoms with Gasteiger partial charge in [0.1, 0.15) is 0 Å². The normalized spacial score (nSPS) is 14.7. The third kappa shape index (κ3) is 0.755. The van der Waals surface area contributed by atoms with Crippen molar-refractivity contribution < 1.29 is 5.32 Å². The molecule has 1 radical (unpaired) electrons. The van der Waals surface area contributed by atoms with Gasteiger partial charge in [-0.3, -0.25) is 0 Å². The van der Waals surface area contributed by atoms with E-state index in [2.05, 4.69) is 36.5 Å². The van der Waals surface area contributed by atoms with Crippen molar-refractivity contribution >= 4 is 11.8 Å². The van der Waals surface area contributed by atoms with E-state index in [9.17, 15) is 0 Å². The molecule has 1 nitrogen and oxygen atoms in total. The number of para-hydroxylation sites is 1. The fraction of sp³-hybridized carbons (Fsp3) is 0.111. The maximum atomic E-state index is 3.26. The van der Waals surface area contributed by atoms with Gasteiger partial charge in [0.05, 0.1) is 0 Å². The van der Waals surface area contributed by atoms with Crippen LogP contribution in [0.15, 0.2) is 30.0 Å². The summed E-state index contributed by atoms with van der Waals surface area (Å²) in [6.45, 7) is 2.07. The first-order valence-electron chi connectivity index (χ1n) is 3.40. The predicted molar refractivity (Wildman–Crippen MR) is 40.7 cm³/mol. The second kappa shape index (κ2) is 1.96. The molecule has 0 saturated heterocycles. The molecular weight excluding hydrogens is 122 g/mol. The number of anilines is 1. The highest BCUT2D eigenvalue weighted by atomic mass is 14.9. The summed E-state index contributed by atoms with van der Waals surface area (Å²) >= 11 is 0. The van der Waals surface area contributed by atoms with E-state index in [-0.39, 0.29) is 0 Å². The molecule has 0 fully saturated rings. The van der Waals surface area contributed by atoms with E-state index >= 15 is 0 Å². The van der Waals surface area contributed by atoms with Crippen LogP contribution in [0.4, 0.5) is 5.69 Å².